The average molecular weight is 369 g/mol. The molecule has 1 aromatic carbocycles. The van der Waals surface area contributed by atoms with Gasteiger partial charge in [-0.1, -0.05) is 35.5 Å². The van der Waals surface area contributed by atoms with E-state index in [1.165, 1.54) is 0 Å². The van der Waals surface area contributed by atoms with Crippen LogP contribution in [0, 0.1) is 0 Å². The van der Waals surface area contributed by atoms with Crippen LogP contribution in [0.2, 0.25) is 5.02 Å². The Balaban J connectivity index is 1.88. The highest BCUT2D eigenvalue weighted by Crippen LogP contribution is 2.22. The Morgan fingerprint density at radius 1 is 1.29 bits per heavy atom. The summed E-state index contributed by atoms with van der Waals surface area (Å²) in [6.45, 7) is 5.72. The van der Waals surface area contributed by atoms with Gasteiger partial charge < -0.3 is 14.6 Å². The second-order valence-electron chi connectivity index (χ2n) is 6.23. The van der Waals surface area contributed by atoms with E-state index in [2.05, 4.69) is 15.5 Å². The molecule has 0 radical (unpaired) electrons. The molecule has 1 amide bonds. The van der Waals surface area contributed by atoms with E-state index in [-0.39, 0.29) is 6.54 Å². The Morgan fingerprint density at radius 2 is 1.96 bits per heavy atom. The van der Waals surface area contributed by atoms with Crippen LogP contribution in [0.25, 0.3) is 0 Å². The minimum atomic E-state index is -0.524. The fraction of sp³-hybridized carbons (Fsp3) is 0.438. The number of rotatable bonds is 5. The number of carbonyl (C=O) groups is 1. The standard InChI is InChI=1S/C16H21ClN4O2S/c1-16(2,3)23-15(22)18-9-13-19-20-14(21(13)4)24-10-11-5-7-12(17)8-6-11/h5-8H,9-10H2,1-4H3,(H,18,22). The molecule has 0 saturated carbocycles. The number of thioether (sulfide) groups is 1. The van der Waals surface area contributed by atoms with E-state index in [1.807, 2.05) is 56.7 Å². The van der Waals surface area contributed by atoms with Crippen LogP contribution in [-0.2, 0) is 24.1 Å². The number of aromatic nitrogens is 3. The van der Waals surface area contributed by atoms with Crippen molar-refractivity contribution in [2.75, 3.05) is 0 Å². The fourth-order valence-corrected chi connectivity index (χ4v) is 2.83. The van der Waals surface area contributed by atoms with E-state index in [0.29, 0.717) is 5.82 Å². The third kappa shape index (κ3) is 5.72. The molecule has 0 fully saturated rings. The lowest BCUT2D eigenvalue weighted by atomic mass is 10.2. The molecular formula is C16H21ClN4O2S. The smallest absolute Gasteiger partial charge is 0.408 e. The Labute approximate surface area is 150 Å². The van der Waals surface area contributed by atoms with Crippen LogP contribution < -0.4 is 5.32 Å². The molecule has 0 aliphatic carbocycles. The molecule has 0 aliphatic heterocycles. The van der Waals surface area contributed by atoms with Gasteiger partial charge in [0.2, 0.25) is 0 Å². The minimum Gasteiger partial charge on any atom is -0.444 e. The van der Waals surface area contributed by atoms with Crippen molar-refractivity contribution in [2.24, 2.45) is 7.05 Å². The molecule has 130 valence electrons. The largest absolute Gasteiger partial charge is 0.444 e. The van der Waals surface area contributed by atoms with E-state index in [9.17, 15) is 4.79 Å². The second kappa shape index (κ2) is 7.90. The minimum absolute atomic E-state index is 0.264. The molecule has 24 heavy (non-hydrogen) atoms. The molecule has 6 nitrogen and oxygen atoms in total. The van der Waals surface area contributed by atoms with Gasteiger partial charge in [-0.25, -0.2) is 4.79 Å². The fourth-order valence-electron chi connectivity index (χ4n) is 1.82. The van der Waals surface area contributed by atoms with Crippen molar-refractivity contribution in [2.45, 2.75) is 43.8 Å². The summed E-state index contributed by atoms with van der Waals surface area (Å²) in [6, 6.07) is 7.70. The summed E-state index contributed by atoms with van der Waals surface area (Å²) < 4.78 is 7.06. The first-order valence-electron chi connectivity index (χ1n) is 7.47. The first kappa shape index (κ1) is 18.6. The zero-order valence-corrected chi connectivity index (χ0v) is 15.7. The summed E-state index contributed by atoms with van der Waals surface area (Å²) in [6.07, 6.45) is -0.471. The quantitative estimate of drug-likeness (QED) is 0.813. The van der Waals surface area contributed by atoms with Gasteiger partial charge in [0.15, 0.2) is 11.0 Å². The third-order valence-corrected chi connectivity index (χ3v) is 4.34. The molecule has 2 rings (SSSR count). The number of hydrogen-bond donors (Lipinski definition) is 1. The summed E-state index contributed by atoms with van der Waals surface area (Å²) in [5.74, 6) is 1.43. The number of ether oxygens (including phenoxy) is 1. The summed E-state index contributed by atoms with van der Waals surface area (Å²) in [5, 5.41) is 12.5. The van der Waals surface area contributed by atoms with Crippen LogP contribution in [0.5, 0.6) is 0 Å². The van der Waals surface area contributed by atoms with Gasteiger partial charge in [0.1, 0.15) is 5.60 Å². The predicted octanol–water partition coefficient (Wildman–Crippen LogP) is 3.79. The lowest BCUT2D eigenvalue weighted by Crippen LogP contribution is -2.32. The van der Waals surface area contributed by atoms with E-state index in [4.69, 9.17) is 16.3 Å². The van der Waals surface area contributed by atoms with Crippen molar-refractivity contribution in [3.8, 4) is 0 Å². The van der Waals surface area contributed by atoms with Gasteiger partial charge in [0.25, 0.3) is 0 Å². The molecule has 1 N–H and O–H groups in total. The molecule has 0 saturated heterocycles. The molecule has 0 atom stereocenters. The Bertz CT molecular complexity index is 695. The topological polar surface area (TPSA) is 69.0 Å². The Hall–Kier alpha value is -1.73. The van der Waals surface area contributed by atoms with Crippen LogP contribution in [0.4, 0.5) is 4.79 Å². The highest BCUT2D eigenvalue weighted by Gasteiger charge is 2.17. The highest BCUT2D eigenvalue weighted by molar-refractivity contribution is 7.98. The van der Waals surface area contributed by atoms with E-state index >= 15 is 0 Å². The van der Waals surface area contributed by atoms with Crippen molar-refractivity contribution in [1.82, 2.24) is 20.1 Å². The molecular weight excluding hydrogens is 348 g/mol. The lowest BCUT2D eigenvalue weighted by molar-refractivity contribution is 0.0521. The predicted molar refractivity (Wildman–Crippen MR) is 95.1 cm³/mol. The summed E-state index contributed by atoms with van der Waals surface area (Å²) in [4.78, 5) is 11.7. The van der Waals surface area contributed by atoms with Crippen molar-refractivity contribution in [3.05, 3.63) is 40.7 Å². The van der Waals surface area contributed by atoms with Crippen LogP contribution in [0.1, 0.15) is 32.2 Å². The average Bonchev–Trinajstić information content (AvgIpc) is 2.83. The van der Waals surface area contributed by atoms with Gasteiger partial charge >= 0.3 is 6.09 Å². The van der Waals surface area contributed by atoms with E-state index in [1.54, 1.807) is 11.8 Å². The summed E-state index contributed by atoms with van der Waals surface area (Å²) >= 11 is 7.45. The third-order valence-electron chi connectivity index (χ3n) is 3.00. The van der Waals surface area contributed by atoms with Crippen LogP contribution in [-0.4, -0.2) is 26.5 Å². The maximum absolute atomic E-state index is 11.7. The van der Waals surface area contributed by atoms with E-state index in [0.717, 1.165) is 21.5 Å². The highest BCUT2D eigenvalue weighted by atomic mass is 35.5. The zero-order chi connectivity index (χ0) is 17.7. The first-order chi connectivity index (χ1) is 11.2. The molecule has 0 aliphatic rings. The molecule has 1 heterocycles. The number of carbonyl (C=O) groups excluding carboxylic acids is 1. The number of alkyl carbamates (subject to hydrolysis) is 1. The maximum Gasteiger partial charge on any atom is 0.408 e. The molecule has 0 unspecified atom stereocenters. The van der Waals surface area contributed by atoms with Crippen molar-refractivity contribution in [1.29, 1.82) is 0 Å². The zero-order valence-electron chi connectivity index (χ0n) is 14.2. The molecule has 0 bridgehead atoms. The van der Waals surface area contributed by atoms with Gasteiger partial charge in [-0.2, -0.15) is 0 Å². The van der Waals surface area contributed by atoms with Gasteiger partial charge in [0, 0.05) is 17.8 Å². The molecule has 2 aromatic rings. The maximum atomic E-state index is 11.7. The van der Waals surface area contributed by atoms with Gasteiger partial charge in [-0.3, -0.25) is 0 Å². The molecule has 8 heteroatoms. The monoisotopic (exact) mass is 368 g/mol. The van der Waals surface area contributed by atoms with E-state index < -0.39 is 11.7 Å². The van der Waals surface area contributed by atoms with Gasteiger partial charge in [-0.05, 0) is 38.5 Å². The van der Waals surface area contributed by atoms with Gasteiger partial charge in [-0.15, -0.1) is 10.2 Å². The van der Waals surface area contributed by atoms with Crippen LogP contribution in [0.3, 0.4) is 0 Å². The SMILES string of the molecule is Cn1c(CNC(=O)OC(C)(C)C)nnc1SCc1ccc(Cl)cc1. The second-order valence-corrected chi connectivity index (χ2v) is 7.61. The first-order valence-corrected chi connectivity index (χ1v) is 8.83. The summed E-state index contributed by atoms with van der Waals surface area (Å²) in [7, 11) is 1.87. The number of nitrogens with one attached hydrogen (secondary N) is 1. The van der Waals surface area contributed by atoms with Crippen LogP contribution >= 0.6 is 23.4 Å². The van der Waals surface area contributed by atoms with Crippen molar-refractivity contribution >= 4 is 29.5 Å². The van der Waals surface area contributed by atoms with Crippen molar-refractivity contribution < 1.29 is 9.53 Å². The number of halogens is 1. The Kier molecular flexibility index (Phi) is 6.12. The van der Waals surface area contributed by atoms with Gasteiger partial charge in [0.05, 0.1) is 6.54 Å². The number of nitrogens with zero attached hydrogens (tertiary/aromatic N) is 3. The lowest BCUT2D eigenvalue weighted by Gasteiger charge is -2.19. The normalized spacial score (nSPS) is 11.4. The summed E-state index contributed by atoms with van der Waals surface area (Å²) in [5.41, 5.74) is 0.629. The number of benzene rings is 1. The molecule has 0 spiro atoms. The van der Waals surface area contributed by atoms with Crippen molar-refractivity contribution in [3.63, 3.8) is 0 Å². The Morgan fingerprint density at radius 3 is 2.58 bits per heavy atom. The van der Waals surface area contributed by atoms with Crippen LogP contribution in [0.15, 0.2) is 29.4 Å². The number of amides is 1. The number of hydrogen-bond acceptors (Lipinski definition) is 5. The molecule has 1 aromatic heterocycles.